The van der Waals surface area contributed by atoms with Gasteiger partial charge < -0.3 is 9.72 Å². The number of rotatable bonds is 9. The molecule has 0 saturated carbocycles. The maximum absolute atomic E-state index is 5.84. The average Bonchev–Trinajstić information content (AvgIpc) is 3.06. The third-order valence-corrected chi connectivity index (χ3v) is 4.63. The molecule has 2 heteroatoms. The van der Waals surface area contributed by atoms with Crippen molar-refractivity contribution in [1.82, 2.24) is 4.98 Å². The summed E-state index contributed by atoms with van der Waals surface area (Å²) in [5.41, 5.74) is 5.36. The van der Waals surface area contributed by atoms with E-state index in [2.05, 4.69) is 54.4 Å². The highest BCUT2D eigenvalue weighted by molar-refractivity contribution is 5.28. The number of aryl methyl sites for hydroxylation is 3. The molecule has 2 aromatic carbocycles. The molecule has 0 saturated heterocycles. The fourth-order valence-corrected chi connectivity index (χ4v) is 3.05. The Labute approximate surface area is 150 Å². The molecule has 25 heavy (non-hydrogen) atoms. The minimum atomic E-state index is 0.623. The zero-order valence-electron chi connectivity index (χ0n) is 15.0. The molecule has 0 radical (unpaired) electrons. The normalized spacial score (nSPS) is 10.8. The molecule has 130 valence electrons. The van der Waals surface area contributed by atoms with Crippen LogP contribution in [0.15, 0.2) is 66.9 Å². The van der Waals surface area contributed by atoms with Gasteiger partial charge in [0.05, 0.1) is 0 Å². The van der Waals surface area contributed by atoms with Crippen LogP contribution in [0.3, 0.4) is 0 Å². The Morgan fingerprint density at radius 3 is 2.24 bits per heavy atom. The van der Waals surface area contributed by atoms with Crippen molar-refractivity contribution in [2.24, 2.45) is 0 Å². The first-order chi connectivity index (χ1) is 12.3. The maximum Gasteiger partial charge on any atom is 0.119 e. The highest BCUT2D eigenvalue weighted by atomic mass is 16.5. The van der Waals surface area contributed by atoms with Gasteiger partial charge in [0.25, 0.3) is 0 Å². The van der Waals surface area contributed by atoms with Gasteiger partial charge in [-0.05, 0) is 67.5 Å². The first-order valence-corrected chi connectivity index (χ1v) is 9.20. The Hall–Kier alpha value is -2.48. The van der Waals surface area contributed by atoms with Crippen molar-refractivity contribution in [3.63, 3.8) is 0 Å². The van der Waals surface area contributed by atoms with Gasteiger partial charge in [-0.15, -0.1) is 0 Å². The van der Waals surface area contributed by atoms with Crippen molar-refractivity contribution in [3.05, 3.63) is 89.2 Å². The number of H-pyrrole nitrogens is 1. The number of aromatic amines is 1. The van der Waals surface area contributed by atoms with Crippen LogP contribution >= 0.6 is 0 Å². The molecule has 0 aliphatic carbocycles. The average molecular weight is 333 g/mol. The summed E-state index contributed by atoms with van der Waals surface area (Å²) in [6.45, 7) is 2.80. The summed E-state index contributed by atoms with van der Waals surface area (Å²) in [5, 5.41) is 0. The molecule has 0 aliphatic heterocycles. The minimum Gasteiger partial charge on any atom is -0.489 e. The summed E-state index contributed by atoms with van der Waals surface area (Å²) in [6, 6.07) is 21.0. The maximum atomic E-state index is 5.84. The summed E-state index contributed by atoms with van der Waals surface area (Å²) in [5.74, 6) is 0.940. The summed E-state index contributed by atoms with van der Waals surface area (Å²) in [6.07, 6.45) is 8.09. The van der Waals surface area contributed by atoms with Crippen LogP contribution < -0.4 is 4.74 Å². The van der Waals surface area contributed by atoms with Gasteiger partial charge in [0.1, 0.15) is 12.4 Å². The second-order valence-corrected chi connectivity index (χ2v) is 6.62. The van der Waals surface area contributed by atoms with Gasteiger partial charge in [0, 0.05) is 11.9 Å². The number of unbranched alkanes of at least 4 members (excludes halogenated alkanes) is 2. The van der Waals surface area contributed by atoms with E-state index >= 15 is 0 Å². The molecule has 3 aromatic rings. The summed E-state index contributed by atoms with van der Waals surface area (Å²) >= 11 is 0. The van der Waals surface area contributed by atoms with Crippen molar-refractivity contribution in [2.45, 2.75) is 45.6 Å². The van der Waals surface area contributed by atoms with Crippen LogP contribution in [0.5, 0.6) is 5.75 Å². The molecule has 3 rings (SSSR count). The van der Waals surface area contributed by atoms with Crippen molar-refractivity contribution in [2.75, 3.05) is 0 Å². The second-order valence-electron chi connectivity index (χ2n) is 6.62. The highest BCUT2D eigenvalue weighted by Gasteiger charge is 2.00. The van der Waals surface area contributed by atoms with Crippen LogP contribution in [-0.2, 0) is 19.4 Å². The molecule has 0 aliphatic rings. The van der Waals surface area contributed by atoms with Gasteiger partial charge in [-0.2, -0.15) is 0 Å². The molecule has 0 fully saturated rings. The topological polar surface area (TPSA) is 25.0 Å². The van der Waals surface area contributed by atoms with Crippen molar-refractivity contribution in [1.29, 1.82) is 0 Å². The highest BCUT2D eigenvalue weighted by Crippen LogP contribution is 2.16. The van der Waals surface area contributed by atoms with Gasteiger partial charge >= 0.3 is 0 Å². The summed E-state index contributed by atoms with van der Waals surface area (Å²) in [7, 11) is 0. The number of hydrogen-bond acceptors (Lipinski definition) is 1. The van der Waals surface area contributed by atoms with Crippen molar-refractivity contribution < 1.29 is 4.74 Å². The van der Waals surface area contributed by atoms with E-state index in [0.29, 0.717) is 6.61 Å². The van der Waals surface area contributed by atoms with Gasteiger partial charge in [-0.1, -0.05) is 48.9 Å². The van der Waals surface area contributed by atoms with Gasteiger partial charge in [-0.25, -0.2) is 0 Å². The molecular formula is C23H27NO. The SMILES string of the molecule is Cc1cc[nH]c1CCCCCc1ccc(OCc2ccccc2)cc1. The van der Waals surface area contributed by atoms with Gasteiger partial charge in [0.2, 0.25) is 0 Å². The fourth-order valence-electron chi connectivity index (χ4n) is 3.05. The monoisotopic (exact) mass is 333 g/mol. The van der Waals surface area contributed by atoms with Crippen LogP contribution in [0.2, 0.25) is 0 Å². The molecule has 0 spiro atoms. The quantitative estimate of drug-likeness (QED) is 0.488. The Bertz CT molecular complexity index is 743. The largest absolute Gasteiger partial charge is 0.489 e. The standard InChI is InChI=1S/C23H27NO/c1-19-16-17-24-23(19)11-7-3-4-8-20-12-14-22(15-13-20)25-18-21-9-5-2-6-10-21/h2,5-6,9-10,12-17,24H,3-4,7-8,11,18H2,1H3. The van der Waals surface area contributed by atoms with Gasteiger partial charge in [-0.3, -0.25) is 0 Å². The summed E-state index contributed by atoms with van der Waals surface area (Å²) < 4.78 is 5.84. The second kappa shape index (κ2) is 9.12. The lowest BCUT2D eigenvalue weighted by Gasteiger charge is -2.07. The number of aromatic nitrogens is 1. The Morgan fingerprint density at radius 2 is 1.52 bits per heavy atom. The van der Waals surface area contributed by atoms with E-state index in [4.69, 9.17) is 4.74 Å². The molecule has 0 amide bonds. The predicted octanol–water partition coefficient (Wildman–Crippen LogP) is 5.86. The smallest absolute Gasteiger partial charge is 0.119 e. The predicted molar refractivity (Wildman–Crippen MR) is 104 cm³/mol. The van der Waals surface area contributed by atoms with E-state index in [1.54, 1.807) is 0 Å². The Balaban J connectivity index is 1.35. The third kappa shape index (κ3) is 5.53. The van der Waals surface area contributed by atoms with E-state index in [1.165, 1.54) is 41.6 Å². The Morgan fingerprint density at radius 1 is 0.760 bits per heavy atom. The number of hydrogen-bond donors (Lipinski definition) is 1. The molecular weight excluding hydrogens is 306 g/mol. The van der Waals surface area contributed by atoms with Crippen LogP contribution in [0.1, 0.15) is 41.6 Å². The minimum absolute atomic E-state index is 0.623. The van der Waals surface area contributed by atoms with E-state index in [1.807, 2.05) is 24.4 Å². The van der Waals surface area contributed by atoms with E-state index in [-0.39, 0.29) is 0 Å². The molecule has 0 unspecified atom stereocenters. The molecule has 1 aromatic heterocycles. The van der Waals surface area contributed by atoms with Crippen LogP contribution in [0, 0.1) is 6.92 Å². The van der Waals surface area contributed by atoms with Crippen LogP contribution in [0.4, 0.5) is 0 Å². The first-order valence-electron chi connectivity index (χ1n) is 9.20. The van der Waals surface area contributed by atoms with Crippen molar-refractivity contribution in [3.8, 4) is 5.75 Å². The molecule has 1 N–H and O–H groups in total. The van der Waals surface area contributed by atoms with E-state index in [9.17, 15) is 0 Å². The van der Waals surface area contributed by atoms with Crippen molar-refractivity contribution >= 4 is 0 Å². The molecule has 1 heterocycles. The lowest BCUT2D eigenvalue weighted by Crippen LogP contribution is -1.95. The Kier molecular flexibility index (Phi) is 6.33. The first kappa shape index (κ1) is 17.3. The third-order valence-electron chi connectivity index (χ3n) is 4.63. The zero-order chi connectivity index (χ0) is 17.3. The number of nitrogens with one attached hydrogen (secondary N) is 1. The molecule has 0 bridgehead atoms. The number of ether oxygens (including phenoxy) is 1. The van der Waals surface area contributed by atoms with E-state index in [0.717, 1.165) is 18.6 Å². The zero-order valence-corrected chi connectivity index (χ0v) is 15.0. The fraction of sp³-hybridized carbons (Fsp3) is 0.304. The van der Waals surface area contributed by atoms with Crippen LogP contribution in [0.25, 0.3) is 0 Å². The number of benzene rings is 2. The molecule has 0 atom stereocenters. The lowest BCUT2D eigenvalue weighted by atomic mass is 10.0. The van der Waals surface area contributed by atoms with E-state index < -0.39 is 0 Å². The van der Waals surface area contributed by atoms with Gasteiger partial charge in [0.15, 0.2) is 0 Å². The van der Waals surface area contributed by atoms with Crippen LogP contribution in [-0.4, -0.2) is 4.98 Å². The lowest BCUT2D eigenvalue weighted by molar-refractivity contribution is 0.306. The molecule has 2 nitrogen and oxygen atoms in total. The summed E-state index contributed by atoms with van der Waals surface area (Å²) in [4.78, 5) is 3.33.